The lowest BCUT2D eigenvalue weighted by Crippen LogP contribution is -2.05. The summed E-state index contributed by atoms with van der Waals surface area (Å²) >= 11 is 0. The number of hydrogen-bond donors (Lipinski definition) is 0. The van der Waals surface area contributed by atoms with Gasteiger partial charge in [-0.05, 0) is 138 Å². The highest BCUT2D eigenvalue weighted by Gasteiger charge is 2.34. The van der Waals surface area contributed by atoms with E-state index in [1.54, 1.807) is 0 Å². The Labute approximate surface area is 379 Å². The van der Waals surface area contributed by atoms with E-state index in [0.717, 1.165) is 6.42 Å². The van der Waals surface area contributed by atoms with Gasteiger partial charge >= 0.3 is 0 Å². The standard InChI is InChI=1S/C61H44S.C2H6/c1-6-18-44(19-7-1)40-45-30-38-56-58(41-45)61(51-36-33-47-22-16-17-23-50(47)42-51)57-39-37-55(43-59(57)60(56)49-34-31-48(32-35-49)46-20-8-2-9-21-46)62(52-24-10-3-11-25-52,53-26-12-4-13-27-53)54-28-14-5-15-29-54;1-2/h1-39,41-43H,40H2;1-2H3. The zero-order valence-electron chi connectivity index (χ0n) is 36.4. The van der Waals surface area contributed by atoms with Crippen LogP contribution in [0.25, 0.3) is 65.7 Å². The smallest absolute Gasteiger partial charge is 0.00295 e. The molecule has 0 saturated carbocycles. The van der Waals surface area contributed by atoms with E-state index in [1.807, 2.05) is 13.8 Å². The minimum Gasteiger partial charge on any atom is -0.133 e. The maximum Gasteiger partial charge on any atom is 0.00295 e. The van der Waals surface area contributed by atoms with Crippen molar-refractivity contribution in [3.05, 3.63) is 266 Å². The first-order valence-corrected chi connectivity index (χ1v) is 24.1. The molecule has 0 nitrogen and oxygen atoms in total. The maximum atomic E-state index is 2.56. The van der Waals surface area contributed by atoms with E-state index in [4.69, 9.17) is 0 Å². The lowest BCUT2D eigenvalue weighted by atomic mass is 9.84. The predicted molar refractivity (Wildman–Crippen MR) is 276 cm³/mol. The second-order valence-electron chi connectivity index (χ2n) is 16.1. The van der Waals surface area contributed by atoms with Crippen molar-refractivity contribution >= 4 is 42.3 Å². The fraction of sp³-hybridized carbons (Fsp3) is 0.0476. The lowest BCUT2D eigenvalue weighted by Gasteiger charge is -2.42. The molecule has 0 aromatic heterocycles. The number of hydrogen-bond acceptors (Lipinski definition) is 0. The molecule has 0 spiro atoms. The van der Waals surface area contributed by atoms with Crippen LogP contribution in [0.3, 0.4) is 0 Å². The average molecular weight is 839 g/mol. The van der Waals surface area contributed by atoms with Gasteiger partial charge in [0.25, 0.3) is 0 Å². The van der Waals surface area contributed by atoms with Crippen LogP contribution in [0.2, 0.25) is 0 Å². The maximum absolute atomic E-state index is 2.56. The zero-order valence-corrected chi connectivity index (χ0v) is 37.2. The molecule has 11 rings (SSSR count). The van der Waals surface area contributed by atoms with E-state index in [9.17, 15) is 0 Å². The van der Waals surface area contributed by atoms with Crippen LogP contribution in [0.1, 0.15) is 25.0 Å². The Hall–Kier alpha value is -7.45. The van der Waals surface area contributed by atoms with Gasteiger partial charge in [-0.25, -0.2) is 0 Å². The molecule has 64 heavy (non-hydrogen) atoms. The molecule has 0 aliphatic carbocycles. The van der Waals surface area contributed by atoms with Gasteiger partial charge in [0.05, 0.1) is 0 Å². The Bertz CT molecular complexity index is 3230. The van der Waals surface area contributed by atoms with Crippen molar-refractivity contribution in [2.24, 2.45) is 0 Å². The van der Waals surface area contributed by atoms with Crippen LogP contribution in [0, 0.1) is 0 Å². The van der Waals surface area contributed by atoms with Gasteiger partial charge in [-0.1, -0.05) is 214 Å². The Balaban J connectivity index is 0.00000239. The molecular weight excluding hydrogens is 789 g/mol. The third kappa shape index (κ3) is 7.49. The molecule has 0 aliphatic heterocycles. The van der Waals surface area contributed by atoms with E-state index in [2.05, 4.69) is 255 Å². The largest absolute Gasteiger partial charge is 0.133 e. The van der Waals surface area contributed by atoms with Crippen LogP contribution in [-0.4, -0.2) is 0 Å². The second kappa shape index (κ2) is 18.1. The van der Waals surface area contributed by atoms with Gasteiger partial charge in [-0.2, -0.15) is 0 Å². The van der Waals surface area contributed by atoms with Crippen LogP contribution in [0.5, 0.6) is 0 Å². The second-order valence-corrected chi connectivity index (χ2v) is 19.2. The van der Waals surface area contributed by atoms with Crippen molar-refractivity contribution in [1.29, 1.82) is 0 Å². The fourth-order valence-corrected chi connectivity index (χ4v) is 13.4. The fourth-order valence-electron chi connectivity index (χ4n) is 9.50. The van der Waals surface area contributed by atoms with E-state index in [-0.39, 0.29) is 0 Å². The van der Waals surface area contributed by atoms with E-state index in [1.165, 1.54) is 96.4 Å². The van der Waals surface area contributed by atoms with Crippen LogP contribution >= 0.6 is 10.0 Å². The first kappa shape index (κ1) is 40.6. The van der Waals surface area contributed by atoms with E-state index >= 15 is 0 Å². The van der Waals surface area contributed by atoms with Crippen molar-refractivity contribution in [2.75, 3.05) is 0 Å². The molecule has 1 heteroatoms. The minimum atomic E-state index is -1.95. The van der Waals surface area contributed by atoms with Crippen molar-refractivity contribution in [3.8, 4) is 33.4 Å². The monoisotopic (exact) mass is 838 g/mol. The SMILES string of the molecule is CC.c1ccc(Cc2ccc3c(-c4ccc(-c5ccccc5)cc4)c4cc(S(c5ccccc5)(c5ccccc5)c5ccccc5)ccc4c(-c4ccc5ccccc5c4)c3c2)cc1. The molecule has 0 unspecified atom stereocenters. The Morgan fingerprint density at radius 3 is 1.30 bits per heavy atom. The highest BCUT2D eigenvalue weighted by Crippen LogP contribution is 2.73. The Morgan fingerprint density at radius 1 is 0.266 bits per heavy atom. The van der Waals surface area contributed by atoms with E-state index in [0.29, 0.717) is 0 Å². The van der Waals surface area contributed by atoms with Crippen LogP contribution in [0.15, 0.2) is 274 Å². The average Bonchev–Trinajstić information content (AvgIpc) is 3.38. The van der Waals surface area contributed by atoms with Gasteiger partial charge in [-0.3, -0.25) is 0 Å². The molecule has 0 heterocycles. The zero-order chi connectivity index (χ0) is 43.3. The summed E-state index contributed by atoms with van der Waals surface area (Å²) in [4.78, 5) is 5.24. The van der Waals surface area contributed by atoms with Gasteiger partial charge in [0.1, 0.15) is 0 Å². The van der Waals surface area contributed by atoms with Gasteiger partial charge < -0.3 is 0 Å². The molecule has 11 aromatic carbocycles. The van der Waals surface area contributed by atoms with Gasteiger partial charge in [-0.15, -0.1) is 10.0 Å². The third-order valence-corrected chi connectivity index (χ3v) is 16.3. The summed E-state index contributed by atoms with van der Waals surface area (Å²) in [6, 6.07) is 94.8. The summed E-state index contributed by atoms with van der Waals surface area (Å²) < 4.78 is 0. The van der Waals surface area contributed by atoms with Crippen LogP contribution < -0.4 is 0 Å². The predicted octanol–water partition coefficient (Wildman–Crippen LogP) is 18.1. The molecule has 0 amide bonds. The summed E-state index contributed by atoms with van der Waals surface area (Å²) in [5.41, 5.74) is 9.99. The lowest BCUT2D eigenvalue weighted by molar-refractivity contribution is 1.20. The summed E-state index contributed by atoms with van der Waals surface area (Å²) in [6.45, 7) is 4.00. The molecule has 308 valence electrons. The number of fused-ring (bicyclic) bond motifs is 3. The third-order valence-electron chi connectivity index (χ3n) is 12.4. The normalized spacial score (nSPS) is 11.6. The highest BCUT2D eigenvalue weighted by atomic mass is 32.3. The van der Waals surface area contributed by atoms with Crippen LogP contribution in [0.4, 0.5) is 0 Å². The quantitative estimate of drug-likeness (QED) is 0.127. The molecule has 0 aliphatic rings. The molecule has 0 saturated heterocycles. The van der Waals surface area contributed by atoms with Crippen molar-refractivity contribution in [2.45, 2.75) is 39.9 Å². The first-order valence-electron chi connectivity index (χ1n) is 22.4. The van der Waals surface area contributed by atoms with Gasteiger partial charge in [0.15, 0.2) is 0 Å². The number of benzene rings is 11. The highest BCUT2D eigenvalue weighted by molar-refractivity contribution is 8.34. The van der Waals surface area contributed by atoms with Crippen molar-refractivity contribution in [3.63, 3.8) is 0 Å². The summed E-state index contributed by atoms with van der Waals surface area (Å²) in [7, 11) is -1.95. The molecule has 0 radical (unpaired) electrons. The molecule has 0 atom stereocenters. The summed E-state index contributed by atoms with van der Waals surface area (Å²) in [5, 5.41) is 7.50. The van der Waals surface area contributed by atoms with Gasteiger partial charge in [0.2, 0.25) is 0 Å². The van der Waals surface area contributed by atoms with Crippen LogP contribution in [-0.2, 0) is 6.42 Å². The van der Waals surface area contributed by atoms with Gasteiger partial charge in [0, 0.05) is 19.6 Å². The van der Waals surface area contributed by atoms with Crippen molar-refractivity contribution < 1.29 is 0 Å². The minimum absolute atomic E-state index is 0.864. The van der Waals surface area contributed by atoms with E-state index < -0.39 is 10.0 Å². The molecule has 0 N–H and O–H groups in total. The topological polar surface area (TPSA) is 0 Å². The number of rotatable bonds is 9. The molecule has 0 bridgehead atoms. The summed E-state index contributed by atoms with van der Waals surface area (Å²) in [6.07, 6.45) is 0.864. The first-order chi connectivity index (χ1) is 31.7. The molecule has 11 aromatic rings. The Morgan fingerprint density at radius 2 is 0.703 bits per heavy atom. The summed E-state index contributed by atoms with van der Waals surface area (Å²) in [5.74, 6) is 0. The molecular formula is C63H50S. The Kier molecular flexibility index (Phi) is 11.5. The van der Waals surface area contributed by atoms with Crippen molar-refractivity contribution in [1.82, 2.24) is 0 Å². The molecule has 0 fully saturated rings.